The number of quaternary nitrogens is 1. The van der Waals surface area contributed by atoms with Crippen LogP contribution in [0.2, 0.25) is 0 Å². The average molecular weight is 367 g/mol. The number of nitrogens with zero attached hydrogens (tertiary/aromatic N) is 2. The fraction of sp³-hybridized carbons (Fsp3) is 0.571. The highest BCUT2D eigenvalue weighted by molar-refractivity contribution is 6.03. The van der Waals surface area contributed by atoms with E-state index in [9.17, 15) is 9.59 Å². The van der Waals surface area contributed by atoms with Gasteiger partial charge < -0.3 is 11.5 Å². The molecule has 4 saturated carbocycles. The zero-order valence-electron chi connectivity index (χ0n) is 15.6. The number of hydrogen-bond donors (Lipinski definition) is 2. The Labute approximate surface area is 159 Å². The Morgan fingerprint density at radius 2 is 1.70 bits per heavy atom. The second kappa shape index (κ2) is 5.64. The zero-order chi connectivity index (χ0) is 18.8. The minimum atomic E-state index is -0.568. The Morgan fingerprint density at radius 3 is 2.26 bits per heavy atom. The molecule has 0 aromatic heterocycles. The molecule has 27 heavy (non-hydrogen) atoms. The van der Waals surface area contributed by atoms with Crippen LogP contribution in [0.25, 0.3) is 0 Å². The van der Waals surface area contributed by atoms with Crippen LogP contribution in [0, 0.1) is 23.2 Å². The normalized spacial score (nSPS) is 41.0. The van der Waals surface area contributed by atoms with Crippen molar-refractivity contribution in [2.75, 3.05) is 6.54 Å². The molecule has 0 saturated heterocycles. The van der Waals surface area contributed by atoms with Crippen molar-refractivity contribution in [1.29, 1.82) is 0 Å². The lowest BCUT2D eigenvalue weighted by atomic mass is 9.49. The van der Waals surface area contributed by atoms with Crippen molar-refractivity contribution in [3.05, 3.63) is 35.8 Å². The molecule has 2 heterocycles. The molecule has 6 aliphatic rings. The number of carbonyl (C=O) groups is 2. The standard InChI is InChI=1S/C21H26N4O2/c22-19(26)16-12-25(17(20(23)27)2-1-3-18(25)24-16)5-4-21-9-13-6-14(10-21)8-15(7-13)11-21/h1-3,12-15H,4-11H2,(H3-,22,23,26,27)/p+1. The first-order valence-corrected chi connectivity index (χ1v) is 10.1. The highest BCUT2D eigenvalue weighted by Crippen LogP contribution is 2.61. The molecule has 1 atom stereocenters. The number of rotatable bonds is 5. The summed E-state index contributed by atoms with van der Waals surface area (Å²) in [6.45, 7) is 0.709. The third kappa shape index (κ3) is 2.53. The van der Waals surface area contributed by atoms with Crippen LogP contribution in [0.15, 0.2) is 40.8 Å². The molecule has 0 radical (unpaired) electrons. The lowest BCUT2D eigenvalue weighted by molar-refractivity contribution is -0.740. The van der Waals surface area contributed by atoms with Crippen molar-refractivity contribution in [2.24, 2.45) is 39.6 Å². The van der Waals surface area contributed by atoms with Crippen molar-refractivity contribution in [3.63, 3.8) is 0 Å². The SMILES string of the molecule is NC(=O)C1=C[N+]2(CCC34CC5CC(CC(C5)C3)C4)C(C(N)=O)=CC=CC2=N1. The van der Waals surface area contributed by atoms with Gasteiger partial charge in [0.05, 0.1) is 6.54 Å². The Bertz CT molecular complexity index is 815. The van der Waals surface area contributed by atoms with Gasteiger partial charge in [-0.05, 0) is 67.8 Å². The number of amides is 2. The molecule has 6 nitrogen and oxygen atoms in total. The summed E-state index contributed by atoms with van der Waals surface area (Å²) >= 11 is 0. The van der Waals surface area contributed by atoms with Gasteiger partial charge in [-0.2, -0.15) is 4.99 Å². The molecular weight excluding hydrogens is 340 g/mol. The summed E-state index contributed by atoms with van der Waals surface area (Å²) in [5.74, 6) is 2.28. The number of primary amides is 2. The van der Waals surface area contributed by atoms with Gasteiger partial charge in [-0.15, -0.1) is 0 Å². The lowest BCUT2D eigenvalue weighted by Crippen LogP contribution is -2.53. The summed E-state index contributed by atoms with van der Waals surface area (Å²) in [6.07, 6.45) is 16.3. The average Bonchev–Trinajstić information content (AvgIpc) is 2.99. The first-order chi connectivity index (χ1) is 12.9. The second-order valence-electron chi connectivity index (χ2n) is 9.38. The Hall–Kier alpha value is -2.21. The lowest BCUT2D eigenvalue weighted by Gasteiger charge is -2.57. The number of fused-ring (bicyclic) bond motifs is 1. The smallest absolute Gasteiger partial charge is 0.303 e. The number of aliphatic imine (C=N–C) groups is 1. The van der Waals surface area contributed by atoms with Crippen molar-refractivity contribution in [2.45, 2.75) is 44.9 Å². The summed E-state index contributed by atoms with van der Waals surface area (Å²) < 4.78 is 0.145. The van der Waals surface area contributed by atoms with E-state index in [1.54, 1.807) is 18.4 Å². The van der Waals surface area contributed by atoms with Gasteiger partial charge in [0.25, 0.3) is 5.91 Å². The molecule has 0 aromatic rings. The van der Waals surface area contributed by atoms with Gasteiger partial charge in [0, 0.05) is 18.6 Å². The van der Waals surface area contributed by atoms with Gasteiger partial charge in [0.1, 0.15) is 6.20 Å². The predicted molar refractivity (Wildman–Crippen MR) is 101 cm³/mol. The molecule has 6 rings (SSSR count). The maximum absolute atomic E-state index is 12.2. The summed E-state index contributed by atoms with van der Waals surface area (Å²) in [5.41, 5.74) is 12.3. The molecule has 0 spiro atoms. The third-order valence-electron chi connectivity index (χ3n) is 7.58. The molecule has 6 heteroatoms. The Balaban J connectivity index is 1.47. The van der Waals surface area contributed by atoms with E-state index in [1.807, 2.05) is 6.08 Å². The number of carbonyl (C=O) groups excluding carboxylic acids is 2. The van der Waals surface area contributed by atoms with E-state index in [2.05, 4.69) is 4.99 Å². The summed E-state index contributed by atoms with van der Waals surface area (Å²) in [4.78, 5) is 28.4. The molecule has 0 aromatic carbocycles. The van der Waals surface area contributed by atoms with Crippen LogP contribution in [0.3, 0.4) is 0 Å². The van der Waals surface area contributed by atoms with Gasteiger partial charge in [0.15, 0.2) is 5.70 Å². The van der Waals surface area contributed by atoms with E-state index in [-0.39, 0.29) is 10.2 Å². The van der Waals surface area contributed by atoms with Crippen molar-refractivity contribution >= 4 is 17.6 Å². The molecule has 4 bridgehead atoms. The van der Waals surface area contributed by atoms with Crippen molar-refractivity contribution < 1.29 is 14.1 Å². The minimum absolute atomic E-state index is 0.145. The first kappa shape index (κ1) is 16.9. The van der Waals surface area contributed by atoms with Gasteiger partial charge in [-0.3, -0.25) is 9.59 Å². The van der Waals surface area contributed by atoms with E-state index in [0.717, 1.165) is 24.2 Å². The highest BCUT2D eigenvalue weighted by Gasteiger charge is 2.53. The fourth-order valence-corrected chi connectivity index (χ4v) is 6.94. The zero-order valence-corrected chi connectivity index (χ0v) is 15.6. The third-order valence-corrected chi connectivity index (χ3v) is 7.58. The monoisotopic (exact) mass is 367 g/mol. The summed E-state index contributed by atoms with van der Waals surface area (Å²) in [6, 6.07) is 0. The fourth-order valence-electron chi connectivity index (χ4n) is 6.94. The maximum Gasteiger partial charge on any atom is 0.303 e. The van der Waals surface area contributed by atoms with Crippen LogP contribution in [0.4, 0.5) is 0 Å². The first-order valence-electron chi connectivity index (χ1n) is 10.1. The van der Waals surface area contributed by atoms with Gasteiger partial charge in [-0.1, -0.05) is 0 Å². The van der Waals surface area contributed by atoms with Crippen LogP contribution >= 0.6 is 0 Å². The van der Waals surface area contributed by atoms with Crippen LogP contribution in [-0.2, 0) is 9.59 Å². The van der Waals surface area contributed by atoms with Crippen LogP contribution in [0.1, 0.15) is 44.9 Å². The molecule has 4 fully saturated rings. The maximum atomic E-state index is 12.2. The second-order valence-corrected chi connectivity index (χ2v) is 9.38. The van der Waals surface area contributed by atoms with Crippen molar-refractivity contribution in [3.8, 4) is 0 Å². The Morgan fingerprint density at radius 1 is 1.07 bits per heavy atom. The Kier molecular flexibility index (Phi) is 3.54. The minimum Gasteiger partial charge on any atom is -0.364 e. The van der Waals surface area contributed by atoms with E-state index in [1.165, 1.54) is 38.5 Å². The molecule has 2 amide bonds. The van der Waals surface area contributed by atoms with Gasteiger partial charge in [0.2, 0.25) is 11.5 Å². The molecule has 4 aliphatic carbocycles. The molecule has 4 N–H and O–H groups in total. The quantitative estimate of drug-likeness (QED) is 0.727. The van der Waals surface area contributed by atoms with Crippen LogP contribution in [0.5, 0.6) is 0 Å². The molecular formula is C21H27N4O2+. The van der Waals surface area contributed by atoms with Crippen LogP contribution < -0.4 is 11.5 Å². The van der Waals surface area contributed by atoms with Gasteiger partial charge in [-0.25, -0.2) is 4.48 Å². The predicted octanol–water partition coefficient (Wildman–Crippen LogP) is 2.09. The number of nitrogens with two attached hydrogens (primary N) is 2. The summed E-state index contributed by atoms with van der Waals surface area (Å²) in [7, 11) is 0. The number of hydrogen-bond acceptors (Lipinski definition) is 3. The van der Waals surface area contributed by atoms with Gasteiger partial charge >= 0.3 is 5.91 Å². The largest absolute Gasteiger partial charge is 0.364 e. The van der Waals surface area contributed by atoms with E-state index in [4.69, 9.17) is 11.5 Å². The van der Waals surface area contributed by atoms with Crippen LogP contribution in [-0.4, -0.2) is 28.7 Å². The topological polar surface area (TPSA) is 98.5 Å². The molecule has 2 aliphatic heterocycles. The number of amidine groups is 1. The number of allylic oxidation sites excluding steroid dienone is 2. The van der Waals surface area contributed by atoms with E-state index < -0.39 is 11.8 Å². The van der Waals surface area contributed by atoms with Crippen molar-refractivity contribution in [1.82, 2.24) is 0 Å². The molecule has 1 unspecified atom stereocenters. The summed E-state index contributed by atoms with van der Waals surface area (Å²) in [5, 5.41) is 0. The van der Waals surface area contributed by atoms with E-state index in [0.29, 0.717) is 23.5 Å². The molecule has 142 valence electrons. The highest BCUT2D eigenvalue weighted by atomic mass is 16.2. The van der Waals surface area contributed by atoms with E-state index >= 15 is 0 Å².